The lowest BCUT2D eigenvalue weighted by atomic mass is 10.0. The van der Waals surface area contributed by atoms with Crippen molar-refractivity contribution < 1.29 is 14.3 Å². The molecule has 0 N–H and O–H groups in total. The summed E-state index contributed by atoms with van der Waals surface area (Å²) in [5, 5.41) is 0. The number of piperidine rings is 1. The van der Waals surface area contributed by atoms with Crippen LogP contribution in [-0.4, -0.2) is 37.0 Å². The number of ether oxygens (including phenoxy) is 1. The summed E-state index contributed by atoms with van der Waals surface area (Å²) in [6.07, 6.45) is 10.1. The van der Waals surface area contributed by atoms with Crippen LogP contribution < -0.4 is 0 Å². The summed E-state index contributed by atoms with van der Waals surface area (Å²) in [6, 6.07) is 0.316. The van der Waals surface area contributed by atoms with Crippen molar-refractivity contribution >= 4 is 12.9 Å². The molecule has 4 nitrogen and oxygen atoms in total. The number of rotatable bonds is 4. The molecule has 0 aliphatic carbocycles. The van der Waals surface area contributed by atoms with Crippen LogP contribution in [0.1, 0.15) is 60.3 Å². The Morgan fingerprint density at radius 1 is 1.32 bits per heavy atom. The number of hydrogen-bond donors (Lipinski definition) is 0. The van der Waals surface area contributed by atoms with Crippen LogP contribution in [0.15, 0.2) is 23.8 Å². The number of amides is 1. The fourth-order valence-electron chi connectivity index (χ4n) is 2.11. The Balaban J connectivity index is 0. The third kappa shape index (κ3) is 9.37. The van der Waals surface area contributed by atoms with Crippen LogP contribution in [0.25, 0.3) is 0 Å². The van der Waals surface area contributed by atoms with Crippen molar-refractivity contribution in [1.29, 1.82) is 0 Å². The lowest BCUT2D eigenvalue weighted by molar-refractivity contribution is -0.0980. The maximum Gasteiger partial charge on any atom is 0.410 e. The Morgan fingerprint density at radius 2 is 1.95 bits per heavy atom. The van der Waals surface area contributed by atoms with Gasteiger partial charge in [-0.05, 0) is 45.1 Å². The van der Waals surface area contributed by atoms with Gasteiger partial charge in [-0.15, -0.1) is 0 Å². The Kier molecular flexibility index (Phi) is 16.3. The number of nitrogens with zero attached hydrogens (tertiary/aromatic N) is 1. The number of likely N-dealkylation sites (tertiary alicyclic amines) is 1. The van der Waals surface area contributed by atoms with Crippen molar-refractivity contribution in [2.75, 3.05) is 13.2 Å². The van der Waals surface area contributed by atoms with E-state index in [1.165, 1.54) is 6.42 Å². The summed E-state index contributed by atoms with van der Waals surface area (Å²) in [5.41, 5.74) is 1.14. The smallest absolute Gasteiger partial charge is 0.410 e. The van der Waals surface area contributed by atoms with E-state index >= 15 is 0 Å². The minimum Gasteiger partial charge on any atom is -0.445 e. The molecule has 1 rings (SSSR count). The second-order valence-corrected chi connectivity index (χ2v) is 4.80. The Hall–Kier alpha value is -1.58. The van der Waals surface area contributed by atoms with Crippen molar-refractivity contribution in [2.24, 2.45) is 0 Å². The molecule has 1 atom stereocenters. The molecule has 22 heavy (non-hydrogen) atoms. The van der Waals surface area contributed by atoms with Crippen molar-refractivity contribution in [1.82, 2.24) is 4.90 Å². The van der Waals surface area contributed by atoms with Gasteiger partial charge in [-0.3, -0.25) is 0 Å². The van der Waals surface area contributed by atoms with E-state index in [1.54, 1.807) is 0 Å². The molecule has 0 aromatic carbocycles. The molecule has 0 radical (unpaired) electrons. The van der Waals surface area contributed by atoms with Crippen LogP contribution in [0.5, 0.6) is 0 Å². The monoisotopic (exact) mass is 311 g/mol. The van der Waals surface area contributed by atoms with E-state index in [4.69, 9.17) is 9.53 Å². The highest BCUT2D eigenvalue weighted by atomic mass is 16.6. The van der Waals surface area contributed by atoms with Crippen molar-refractivity contribution in [3.63, 3.8) is 0 Å². The van der Waals surface area contributed by atoms with Gasteiger partial charge in [-0.1, -0.05) is 39.0 Å². The largest absolute Gasteiger partial charge is 0.445 e. The van der Waals surface area contributed by atoms with Crippen LogP contribution >= 0.6 is 0 Å². The van der Waals surface area contributed by atoms with E-state index in [9.17, 15) is 4.79 Å². The lowest BCUT2D eigenvalue weighted by Gasteiger charge is -2.32. The van der Waals surface area contributed by atoms with Crippen LogP contribution in [0.3, 0.4) is 0 Å². The summed E-state index contributed by atoms with van der Waals surface area (Å²) in [6.45, 7) is 13.4. The highest BCUT2D eigenvalue weighted by Crippen LogP contribution is 2.17. The fourth-order valence-corrected chi connectivity index (χ4v) is 2.11. The SMILES string of the molecule is C/C=C\C=C(/CC)COC(=O)N1CCCCC1C.C=O.CC. The summed E-state index contributed by atoms with van der Waals surface area (Å²) < 4.78 is 5.39. The van der Waals surface area contributed by atoms with Crippen LogP contribution in [-0.2, 0) is 9.53 Å². The van der Waals surface area contributed by atoms with Crippen molar-refractivity contribution in [3.8, 4) is 0 Å². The number of hydrogen-bond acceptors (Lipinski definition) is 3. The third-order valence-corrected chi connectivity index (χ3v) is 3.40. The van der Waals surface area contributed by atoms with Gasteiger partial charge in [0.05, 0.1) is 0 Å². The summed E-state index contributed by atoms with van der Waals surface area (Å²) in [5.74, 6) is 0. The molecule has 1 aliphatic heterocycles. The zero-order valence-corrected chi connectivity index (χ0v) is 14.9. The molecular weight excluding hydrogens is 278 g/mol. The third-order valence-electron chi connectivity index (χ3n) is 3.40. The standard InChI is InChI=1S/C15H25NO2.C2H6.CH2O/c1-4-6-10-14(5-2)12-18-15(17)16-11-8-7-9-13(16)3;2*1-2/h4,6,10,13H,5,7-9,11-12H2,1-3H3;1-2H3;1H2/b6-4-,14-10+;;. The Morgan fingerprint density at radius 3 is 2.45 bits per heavy atom. The minimum absolute atomic E-state index is 0.165. The predicted octanol–water partition coefficient (Wildman–Crippen LogP) is 4.75. The first kappa shape index (κ1) is 22.7. The van der Waals surface area contributed by atoms with Gasteiger partial charge in [-0.2, -0.15) is 0 Å². The molecule has 0 spiro atoms. The summed E-state index contributed by atoms with van der Waals surface area (Å²) >= 11 is 0. The fraction of sp³-hybridized carbons (Fsp3) is 0.667. The van der Waals surface area contributed by atoms with Gasteiger partial charge in [0.25, 0.3) is 0 Å². The highest BCUT2D eigenvalue weighted by molar-refractivity contribution is 5.68. The predicted molar refractivity (Wildman–Crippen MR) is 93.0 cm³/mol. The normalized spacial score (nSPS) is 18.0. The van der Waals surface area contributed by atoms with Gasteiger partial charge in [-0.25, -0.2) is 4.79 Å². The highest BCUT2D eigenvalue weighted by Gasteiger charge is 2.24. The molecule has 1 heterocycles. The lowest BCUT2D eigenvalue weighted by Crippen LogP contribution is -2.42. The van der Waals surface area contributed by atoms with Gasteiger partial charge in [0, 0.05) is 12.6 Å². The first-order valence-corrected chi connectivity index (χ1v) is 8.22. The topological polar surface area (TPSA) is 46.6 Å². The van der Waals surface area contributed by atoms with Crippen molar-refractivity contribution in [3.05, 3.63) is 23.8 Å². The molecule has 1 amide bonds. The number of carbonyl (C=O) groups is 2. The van der Waals surface area contributed by atoms with Crippen molar-refractivity contribution in [2.45, 2.75) is 66.3 Å². The van der Waals surface area contributed by atoms with E-state index in [1.807, 2.05) is 50.7 Å². The Labute approximate surface area is 136 Å². The summed E-state index contributed by atoms with van der Waals surface area (Å²) in [7, 11) is 0. The molecular formula is C18H33NO3. The average molecular weight is 311 g/mol. The molecule has 0 bridgehead atoms. The molecule has 1 unspecified atom stereocenters. The quantitative estimate of drug-likeness (QED) is 0.704. The van der Waals surface area contributed by atoms with E-state index in [0.717, 1.165) is 31.4 Å². The van der Waals surface area contributed by atoms with Crippen LogP contribution in [0, 0.1) is 0 Å². The zero-order chi connectivity index (χ0) is 17.4. The Bertz CT molecular complexity index is 337. The molecule has 1 fully saturated rings. The van der Waals surface area contributed by atoms with Crippen LogP contribution in [0.4, 0.5) is 4.79 Å². The maximum atomic E-state index is 12.0. The van der Waals surface area contributed by atoms with E-state index in [2.05, 4.69) is 13.8 Å². The first-order chi connectivity index (χ1) is 10.7. The van der Waals surface area contributed by atoms with Gasteiger partial charge in [0.1, 0.15) is 13.4 Å². The molecule has 1 saturated heterocycles. The van der Waals surface area contributed by atoms with Crippen LogP contribution in [0.2, 0.25) is 0 Å². The summed E-state index contributed by atoms with van der Waals surface area (Å²) in [4.78, 5) is 21.8. The number of carbonyl (C=O) groups excluding carboxylic acids is 2. The second kappa shape index (κ2) is 15.8. The maximum absolute atomic E-state index is 12.0. The molecule has 1 aliphatic rings. The van der Waals surface area contributed by atoms with Gasteiger partial charge >= 0.3 is 6.09 Å². The van der Waals surface area contributed by atoms with Gasteiger partial charge in [0.15, 0.2) is 0 Å². The average Bonchev–Trinajstić information content (AvgIpc) is 2.59. The molecule has 4 heteroatoms. The first-order valence-electron chi connectivity index (χ1n) is 8.22. The molecule has 0 aromatic rings. The molecule has 0 saturated carbocycles. The second-order valence-electron chi connectivity index (χ2n) is 4.80. The van der Waals surface area contributed by atoms with E-state index in [-0.39, 0.29) is 6.09 Å². The molecule has 0 aromatic heterocycles. The minimum atomic E-state index is -0.165. The zero-order valence-electron chi connectivity index (χ0n) is 14.9. The molecule has 128 valence electrons. The van der Waals surface area contributed by atoms with Gasteiger partial charge in [0.2, 0.25) is 0 Å². The van der Waals surface area contributed by atoms with Gasteiger partial charge < -0.3 is 14.4 Å². The number of allylic oxidation sites excluding steroid dienone is 3. The van der Waals surface area contributed by atoms with E-state index in [0.29, 0.717) is 12.6 Å². The van der Waals surface area contributed by atoms with E-state index < -0.39 is 0 Å².